The second kappa shape index (κ2) is 11.4. The number of ether oxygens (including phenoxy) is 1. The number of rotatable bonds is 10. The molecular weight excluding hydrogens is 456 g/mol. The number of allylic oxidation sites excluding steroid dienone is 1. The minimum Gasteiger partial charge on any atom is -0.367 e. The Morgan fingerprint density at radius 1 is 1.07 bits per heavy atom. The van der Waals surface area contributed by atoms with E-state index in [0.29, 0.717) is 23.9 Å². The summed E-state index contributed by atoms with van der Waals surface area (Å²) in [4.78, 5) is 0. The molecule has 0 unspecified atom stereocenters. The molecule has 0 bridgehead atoms. The lowest BCUT2D eigenvalue weighted by Crippen LogP contribution is -2.22. The SMILES string of the molecule is CCO[C@@H]1C[C@@H](c2ccc(C(F)(F)F)cc2)C(P(=O)(OCC)OCC)=C(SCC)S1. The molecule has 170 valence electrons. The van der Waals surface area contributed by atoms with Crippen molar-refractivity contribution < 1.29 is 31.5 Å². The van der Waals surface area contributed by atoms with Crippen LogP contribution in [0.3, 0.4) is 0 Å². The Morgan fingerprint density at radius 3 is 2.13 bits per heavy atom. The van der Waals surface area contributed by atoms with Crippen LogP contribution in [0.15, 0.2) is 33.8 Å². The maximum Gasteiger partial charge on any atom is 0.416 e. The van der Waals surface area contributed by atoms with E-state index in [2.05, 4.69) is 0 Å². The molecule has 4 nitrogen and oxygen atoms in total. The molecule has 1 aliphatic rings. The minimum atomic E-state index is -4.41. The van der Waals surface area contributed by atoms with Crippen molar-refractivity contribution in [2.24, 2.45) is 0 Å². The van der Waals surface area contributed by atoms with Crippen molar-refractivity contribution in [3.05, 3.63) is 44.9 Å². The first-order chi connectivity index (χ1) is 14.2. The van der Waals surface area contributed by atoms with Crippen LogP contribution in [0.25, 0.3) is 0 Å². The van der Waals surface area contributed by atoms with Crippen LogP contribution in [0.1, 0.15) is 51.2 Å². The van der Waals surface area contributed by atoms with E-state index in [0.717, 1.165) is 22.1 Å². The van der Waals surface area contributed by atoms with Gasteiger partial charge in [-0.05, 0) is 50.6 Å². The summed E-state index contributed by atoms with van der Waals surface area (Å²) in [5.74, 6) is 0.311. The first-order valence-corrected chi connectivity index (χ1v) is 13.3. The molecule has 1 aromatic carbocycles. The summed E-state index contributed by atoms with van der Waals surface area (Å²) in [5, 5.41) is 0.527. The van der Waals surface area contributed by atoms with Gasteiger partial charge in [0.25, 0.3) is 0 Å². The van der Waals surface area contributed by atoms with Gasteiger partial charge in [-0.15, -0.1) is 11.8 Å². The van der Waals surface area contributed by atoms with Crippen LogP contribution in [0.2, 0.25) is 0 Å². The van der Waals surface area contributed by atoms with E-state index in [4.69, 9.17) is 13.8 Å². The van der Waals surface area contributed by atoms with Gasteiger partial charge in [-0.1, -0.05) is 30.8 Å². The highest BCUT2D eigenvalue weighted by atomic mass is 32.2. The summed E-state index contributed by atoms with van der Waals surface area (Å²) in [7, 11) is -3.63. The average molecular weight is 485 g/mol. The molecule has 30 heavy (non-hydrogen) atoms. The van der Waals surface area contributed by atoms with Gasteiger partial charge in [-0.2, -0.15) is 13.2 Å². The van der Waals surface area contributed by atoms with E-state index in [1.165, 1.54) is 35.7 Å². The predicted octanol–water partition coefficient (Wildman–Crippen LogP) is 7.48. The predicted molar refractivity (Wildman–Crippen MR) is 118 cm³/mol. The lowest BCUT2D eigenvalue weighted by atomic mass is 9.94. The smallest absolute Gasteiger partial charge is 0.367 e. The topological polar surface area (TPSA) is 44.8 Å². The van der Waals surface area contributed by atoms with Gasteiger partial charge in [0.2, 0.25) is 0 Å². The zero-order valence-electron chi connectivity index (χ0n) is 17.5. The third-order valence-corrected chi connectivity index (χ3v) is 9.43. The van der Waals surface area contributed by atoms with Gasteiger partial charge in [0.15, 0.2) is 0 Å². The molecule has 0 N–H and O–H groups in total. The average Bonchev–Trinajstić information content (AvgIpc) is 2.68. The van der Waals surface area contributed by atoms with Gasteiger partial charge in [0.05, 0.1) is 28.3 Å². The van der Waals surface area contributed by atoms with Crippen LogP contribution in [0.5, 0.6) is 0 Å². The molecule has 0 saturated heterocycles. The summed E-state index contributed by atoms with van der Waals surface area (Å²) in [6, 6.07) is 5.01. The Hall–Kier alpha value is -0.440. The van der Waals surface area contributed by atoms with E-state index in [9.17, 15) is 17.7 Å². The summed E-state index contributed by atoms with van der Waals surface area (Å²) in [6.45, 7) is 8.26. The van der Waals surface area contributed by atoms with E-state index in [-0.39, 0.29) is 18.6 Å². The quantitative estimate of drug-likeness (QED) is 0.321. The normalized spacial score (nSPS) is 20.6. The Morgan fingerprint density at radius 2 is 1.67 bits per heavy atom. The number of alkyl halides is 3. The third kappa shape index (κ3) is 6.30. The van der Waals surface area contributed by atoms with Crippen LogP contribution in [-0.4, -0.2) is 31.0 Å². The van der Waals surface area contributed by atoms with E-state index in [1.807, 2.05) is 13.8 Å². The fourth-order valence-corrected chi connectivity index (χ4v) is 8.63. The second-order valence-corrected chi connectivity index (χ2v) is 11.0. The van der Waals surface area contributed by atoms with Crippen molar-refractivity contribution in [2.75, 3.05) is 25.6 Å². The number of halogens is 3. The largest absolute Gasteiger partial charge is 0.416 e. The fourth-order valence-electron chi connectivity index (χ4n) is 3.22. The van der Waals surface area contributed by atoms with Crippen LogP contribution in [-0.2, 0) is 24.5 Å². The zero-order chi connectivity index (χ0) is 22.4. The number of benzene rings is 1. The Balaban J connectivity index is 2.61. The monoisotopic (exact) mass is 484 g/mol. The Bertz CT molecular complexity index is 758. The summed E-state index contributed by atoms with van der Waals surface area (Å²) in [5.41, 5.74) is -0.280. The molecule has 0 spiro atoms. The van der Waals surface area contributed by atoms with Crippen molar-refractivity contribution in [1.29, 1.82) is 0 Å². The third-order valence-electron chi connectivity index (χ3n) is 4.37. The highest BCUT2D eigenvalue weighted by Gasteiger charge is 2.43. The molecule has 10 heteroatoms. The number of thioether (sulfide) groups is 2. The van der Waals surface area contributed by atoms with Crippen LogP contribution in [0, 0.1) is 0 Å². The maximum absolute atomic E-state index is 13.8. The molecule has 1 aromatic rings. The molecule has 0 aromatic heterocycles. The maximum atomic E-state index is 13.8. The van der Waals surface area contributed by atoms with Crippen molar-refractivity contribution in [3.63, 3.8) is 0 Å². The lowest BCUT2D eigenvalue weighted by molar-refractivity contribution is -0.137. The van der Waals surface area contributed by atoms with E-state index >= 15 is 0 Å². The second-order valence-electron chi connectivity index (χ2n) is 6.35. The number of hydrogen-bond donors (Lipinski definition) is 0. The molecule has 0 radical (unpaired) electrons. The van der Waals surface area contributed by atoms with Gasteiger partial charge in [-0.25, -0.2) is 0 Å². The molecule has 0 saturated carbocycles. The summed E-state index contributed by atoms with van der Waals surface area (Å²) in [6.07, 6.45) is -3.94. The Kier molecular flexibility index (Phi) is 9.84. The highest BCUT2D eigenvalue weighted by molar-refractivity contribution is 8.22. The fraction of sp³-hybridized carbons (Fsp3) is 0.600. The van der Waals surface area contributed by atoms with Gasteiger partial charge in [0.1, 0.15) is 5.44 Å². The first kappa shape index (κ1) is 25.8. The molecule has 2 rings (SSSR count). The standard InChI is InChI=1S/C20H28F3O4PS2/c1-5-25-17-13-16(14-9-11-15(12-10-14)20(21,22)23)18(19(30-17)29-8-4)28(24,26-6-2)27-7-3/h9-12,16-17H,5-8,13H2,1-4H3/t16-,17-/m0/s1. The summed E-state index contributed by atoms with van der Waals surface area (Å²) >= 11 is 3.01. The highest BCUT2D eigenvalue weighted by Crippen LogP contribution is 2.67. The Labute approximate surface area is 184 Å². The molecule has 0 aliphatic carbocycles. The van der Waals surface area contributed by atoms with Gasteiger partial charge < -0.3 is 13.8 Å². The summed E-state index contributed by atoms with van der Waals surface area (Å²) < 4.78 is 70.8. The van der Waals surface area contributed by atoms with Crippen molar-refractivity contribution >= 4 is 31.1 Å². The van der Waals surface area contributed by atoms with E-state index < -0.39 is 25.3 Å². The lowest BCUT2D eigenvalue weighted by Gasteiger charge is -2.35. The zero-order valence-corrected chi connectivity index (χ0v) is 20.1. The molecule has 0 fully saturated rings. The minimum absolute atomic E-state index is 0.197. The van der Waals surface area contributed by atoms with Crippen LogP contribution >= 0.6 is 31.1 Å². The van der Waals surface area contributed by atoms with Crippen molar-refractivity contribution in [1.82, 2.24) is 0 Å². The van der Waals surface area contributed by atoms with Crippen LogP contribution in [0.4, 0.5) is 13.2 Å². The van der Waals surface area contributed by atoms with Gasteiger partial charge >= 0.3 is 13.8 Å². The van der Waals surface area contributed by atoms with Crippen LogP contribution < -0.4 is 0 Å². The van der Waals surface area contributed by atoms with Gasteiger partial charge in [-0.3, -0.25) is 4.57 Å². The van der Waals surface area contributed by atoms with E-state index in [1.54, 1.807) is 13.8 Å². The molecular formula is C20H28F3O4PS2. The molecule has 1 aliphatic heterocycles. The van der Waals surface area contributed by atoms with Gasteiger partial charge in [0, 0.05) is 12.5 Å². The molecule has 2 atom stereocenters. The first-order valence-electron chi connectivity index (χ1n) is 9.92. The number of hydrogen-bond acceptors (Lipinski definition) is 6. The molecule has 0 amide bonds. The molecule has 1 heterocycles. The van der Waals surface area contributed by atoms with Crippen molar-refractivity contribution in [3.8, 4) is 0 Å². The van der Waals surface area contributed by atoms with Crippen molar-refractivity contribution in [2.45, 2.75) is 51.6 Å².